The summed E-state index contributed by atoms with van der Waals surface area (Å²) in [7, 11) is 0. The molecule has 2 rings (SSSR count). The molecule has 0 spiro atoms. The van der Waals surface area contributed by atoms with E-state index in [1.807, 2.05) is 30.3 Å². The molecule has 0 fully saturated rings. The highest BCUT2D eigenvalue weighted by Crippen LogP contribution is 2.34. The number of nitrogens with one attached hydrogen (secondary N) is 1. The predicted octanol–water partition coefficient (Wildman–Crippen LogP) is 6.06. The molecule has 0 saturated heterocycles. The van der Waals surface area contributed by atoms with E-state index >= 15 is 0 Å². The Kier molecular flexibility index (Phi) is 6.67. The molecular weight excluding hydrogens is 324 g/mol. The molecule has 0 aliphatic carbocycles. The molecule has 1 unspecified atom stereocenters. The van der Waals surface area contributed by atoms with Gasteiger partial charge in [-0.05, 0) is 49.1 Å². The van der Waals surface area contributed by atoms with Crippen LogP contribution in [0.2, 0.25) is 5.02 Å². The quantitative estimate of drug-likeness (QED) is 0.471. The fraction of sp³-hybridized carbons (Fsp3) is 0.368. The zero-order valence-corrected chi connectivity index (χ0v) is 15.5. The Hall–Kier alpha value is -1.32. The summed E-state index contributed by atoms with van der Waals surface area (Å²) in [4.78, 5) is 1.17. The minimum Gasteiger partial charge on any atom is -0.399 e. The number of anilines is 2. The fourth-order valence-corrected chi connectivity index (χ4v) is 3.93. The van der Waals surface area contributed by atoms with Crippen LogP contribution in [0.3, 0.4) is 0 Å². The smallest absolute Gasteiger partial charge is 0.0482 e. The number of rotatable bonds is 7. The van der Waals surface area contributed by atoms with Crippen LogP contribution >= 0.6 is 23.4 Å². The zero-order valence-electron chi connectivity index (χ0n) is 14.0. The number of nitrogens with two attached hydrogens (primary N) is 1. The van der Waals surface area contributed by atoms with Gasteiger partial charge in [0.25, 0.3) is 0 Å². The largest absolute Gasteiger partial charge is 0.399 e. The van der Waals surface area contributed by atoms with Gasteiger partial charge in [-0.1, -0.05) is 43.6 Å². The van der Waals surface area contributed by atoms with Crippen molar-refractivity contribution in [3.63, 3.8) is 0 Å². The lowest BCUT2D eigenvalue weighted by Gasteiger charge is -2.20. The van der Waals surface area contributed by atoms with Crippen molar-refractivity contribution in [1.82, 2.24) is 0 Å². The molecule has 0 saturated carbocycles. The topological polar surface area (TPSA) is 38.0 Å². The van der Waals surface area contributed by atoms with Crippen molar-refractivity contribution >= 4 is 34.7 Å². The van der Waals surface area contributed by atoms with Crippen LogP contribution in [0, 0.1) is 5.92 Å². The molecule has 3 N–H and O–H groups in total. The second-order valence-electron chi connectivity index (χ2n) is 6.31. The molecule has 0 aliphatic heterocycles. The van der Waals surface area contributed by atoms with Crippen LogP contribution in [0.5, 0.6) is 0 Å². The first-order valence-electron chi connectivity index (χ1n) is 7.98. The first-order chi connectivity index (χ1) is 11.0. The van der Waals surface area contributed by atoms with Gasteiger partial charge in [0.15, 0.2) is 0 Å². The van der Waals surface area contributed by atoms with Gasteiger partial charge in [0, 0.05) is 33.1 Å². The molecule has 124 valence electrons. The van der Waals surface area contributed by atoms with E-state index in [0.717, 1.165) is 34.1 Å². The summed E-state index contributed by atoms with van der Waals surface area (Å²) in [5, 5.41) is 4.42. The number of halogens is 1. The summed E-state index contributed by atoms with van der Waals surface area (Å²) < 4.78 is 0. The fourth-order valence-electron chi connectivity index (χ4n) is 2.58. The molecule has 2 nitrogen and oxygen atoms in total. The number of hydrogen-bond donors (Lipinski definition) is 2. The molecule has 0 aliphatic rings. The minimum atomic E-state index is 0.429. The first-order valence-corrected chi connectivity index (χ1v) is 9.34. The standard InChI is InChI=1S/C19H25ClN2S/c1-13(2)10-14(3)22-18-9-8-16(21)11-19(18)23-12-15-6-4-5-7-17(15)20/h4-9,11,13-14,22H,10,12,21H2,1-3H3. The van der Waals surface area contributed by atoms with E-state index in [2.05, 4.69) is 38.2 Å². The Morgan fingerprint density at radius 2 is 1.87 bits per heavy atom. The Labute approximate surface area is 148 Å². The van der Waals surface area contributed by atoms with Crippen molar-refractivity contribution < 1.29 is 0 Å². The second-order valence-corrected chi connectivity index (χ2v) is 7.73. The number of nitrogen functional groups attached to an aromatic ring is 1. The minimum absolute atomic E-state index is 0.429. The van der Waals surface area contributed by atoms with E-state index in [1.165, 1.54) is 4.90 Å². The van der Waals surface area contributed by atoms with E-state index in [9.17, 15) is 0 Å². The van der Waals surface area contributed by atoms with Gasteiger partial charge in [-0.25, -0.2) is 0 Å². The van der Waals surface area contributed by atoms with Crippen molar-refractivity contribution in [2.45, 2.75) is 43.9 Å². The van der Waals surface area contributed by atoms with E-state index < -0.39 is 0 Å². The molecule has 0 amide bonds. The Morgan fingerprint density at radius 3 is 2.57 bits per heavy atom. The maximum absolute atomic E-state index is 6.25. The molecule has 23 heavy (non-hydrogen) atoms. The van der Waals surface area contributed by atoms with Crippen LogP contribution in [-0.2, 0) is 5.75 Å². The van der Waals surface area contributed by atoms with Gasteiger partial charge in [0.1, 0.15) is 0 Å². The average Bonchev–Trinajstić information content (AvgIpc) is 2.48. The second kappa shape index (κ2) is 8.51. The SMILES string of the molecule is CC(C)CC(C)Nc1ccc(N)cc1SCc1ccccc1Cl. The lowest BCUT2D eigenvalue weighted by molar-refractivity contribution is 0.539. The summed E-state index contributed by atoms with van der Waals surface area (Å²) in [6, 6.07) is 14.5. The van der Waals surface area contributed by atoms with Gasteiger partial charge >= 0.3 is 0 Å². The van der Waals surface area contributed by atoms with Crippen molar-refractivity contribution in [1.29, 1.82) is 0 Å². The third-order valence-corrected chi connectivity index (χ3v) is 5.05. The summed E-state index contributed by atoms with van der Waals surface area (Å²) >= 11 is 8.01. The molecule has 4 heteroatoms. The van der Waals surface area contributed by atoms with Crippen LogP contribution < -0.4 is 11.1 Å². The van der Waals surface area contributed by atoms with Gasteiger partial charge in [-0.3, -0.25) is 0 Å². The van der Waals surface area contributed by atoms with E-state index in [4.69, 9.17) is 17.3 Å². The van der Waals surface area contributed by atoms with Crippen molar-refractivity contribution in [3.05, 3.63) is 53.1 Å². The number of benzene rings is 2. The molecule has 0 bridgehead atoms. The monoisotopic (exact) mass is 348 g/mol. The molecular formula is C19H25ClN2S. The molecule has 0 heterocycles. The molecule has 2 aromatic carbocycles. The number of hydrogen-bond acceptors (Lipinski definition) is 3. The van der Waals surface area contributed by atoms with Crippen LogP contribution in [0.15, 0.2) is 47.4 Å². The van der Waals surface area contributed by atoms with E-state index in [1.54, 1.807) is 11.8 Å². The molecule has 0 aromatic heterocycles. The lowest BCUT2D eigenvalue weighted by atomic mass is 10.1. The van der Waals surface area contributed by atoms with Crippen LogP contribution in [0.25, 0.3) is 0 Å². The van der Waals surface area contributed by atoms with Crippen LogP contribution in [0.4, 0.5) is 11.4 Å². The maximum atomic E-state index is 6.25. The Bertz CT molecular complexity index is 643. The highest BCUT2D eigenvalue weighted by molar-refractivity contribution is 7.98. The Morgan fingerprint density at radius 1 is 1.13 bits per heavy atom. The van der Waals surface area contributed by atoms with Gasteiger partial charge in [-0.15, -0.1) is 11.8 Å². The predicted molar refractivity (Wildman–Crippen MR) is 104 cm³/mol. The van der Waals surface area contributed by atoms with Crippen molar-refractivity contribution in [2.24, 2.45) is 5.92 Å². The molecule has 0 radical (unpaired) electrons. The Balaban J connectivity index is 2.11. The van der Waals surface area contributed by atoms with Gasteiger partial charge in [0.05, 0.1) is 0 Å². The summed E-state index contributed by atoms with van der Waals surface area (Å²) in [5.74, 6) is 1.50. The average molecular weight is 349 g/mol. The van der Waals surface area contributed by atoms with E-state index in [-0.39, 0.29) is 0 Å². The highest BCUT2D eigenvalue weighted by atomic mass is 35.5. The summed E-state index contributed by atoms with van der Waals surface area (Å²) in [6.07, 6.45) is 1.14. The van der Waals surface area contributed by atoms with Gasteiger partial charge in [-0.2, -0.15) is 0 Å². The first kappa shape index (κ1) is 18.0. The molecule has 2 aromatic rings. The zero-order chi connectivity index (χ0) is 16.8. The van der Waals surface area contributed by atoms with Gasteiger partial charge < -0.3 is 11.1 Å². The number of thioether (sulfide) groups is 1. The van der Waals surface area contributed by atoms with Crippen molar-refractivity contribution in [2.75, 3.05) is 11.1 Å². The lowest BCUT2D eigenvalue weighted by Crippen LogP contribution is -2.17. The highest BCUT2D eigenvalue weighted by Gasteiger charge is 2.10. The van der Waals surface area contributed by atoms with Crippen LogP contribution in [0.1, 0.15) is 32.8 Å². The normalized spacial score (nSPS) is 12.4. The molecule has 1 atom stereocenters. The third kappa shape index (κ3) is 5.67. The summed E-state index contributed by atoms with van der Waals surface area (Å²) in [5.41, 5.74) is 9.04. The summed E-state index contributed by atoms with van der Waals surface area (Å²) in [6.45, 7) is 6.71. The van der Waals surface area contributed by atoms with Crippen LogP contribution in [-0.4, -0.2) is 6.04 Å². The van der Waals surface area contributed by atoms with Crippen molar-refractivity contribution in [3.8, 4) is 0 Å². The third-order valence-electron chi connectivity index (χ3n) is 3.57. The maximum Gasteiger partial charge on any atom is 0.0482 e. The van der Waals surface area contributed by atoms with E-state index in [0.29, 0.717) is 12.0 Å². The van der Waals surface area contributed by atoms with Gasteiger partial charge in [0.2, 0.25) is 0 Å².